The van der Waals surface area contributed by atoms with Crippen molar-refractivity contribution in [1.82, 2.24) is 9.97 Å². The summed E-state index contributed by atoms with van der Waals surface area (Å²) in [7, 11) is 0. The van der Waals surface area contributed by atoms with Crippen molar-refractivity contribution in [1.29, 1.82) is 0 Å². The van der Waals surface area contributed by atoms with Crippen LogP contribution in [0.3, 0.4) is 0 Å². The van der Waals surface area contributed by atoms with E-state index in [1.54, 1.807) is 30.6 Å². The molecule has 1 N–H and O–H groups in total. The molecule has 0 spiro atoms. The van der Waals surface area contributed by atoms with Gasteiger partial charge in [-0.2, -0.15) is 0 Å². The first kappa shape index (κ1) is 7.73. The van der Waals surface area contributed by atoms with Crippen molar-refractivity contribution in [2.45, 2.75) is 0 Å². The molecule has 0 unspecified atom stereocenters. The maximum atomic E-state index is 9.45. The fraction of sp³-hybridized carbons (Fsp3) is 0. The number of rotatable bonds is 1. The van der Waals surface area contributed by atoms with Gasteiger partial charge in [-0.15, -0.1) is 0 Å². The van der Waals surface area contributed by atoms with Gasteiger partial charge in [0.15, 0.2) is 5.82 Å². The number of benzene rings is 1. The Morgan fingerprint density at radius 2 is 2.00 bits per heavy atom. The summed E-state index contributed by atoms with van der Waals surface area (Å²) in [6.45, 7) is 0. The lowest BCUT2D eigenvalue weighted by molar-refractivity contribution is 0.477. The normalized spacial score (nSPS) is 9.85. The van der Waals surface area contributed by atoms with Gasteiger partial charge >= 0.3 is 0 Å². The molecule has 1 aromatic carbocycles. The van der Waals surface area contributed by atoms with Crippen molar-refractivity contribution in [3.05, 3.63) is 42.7 Å². The summed E-state index contributed by atoms with van der Waals surface area (Å²) in [6, 6.07) is 9.43. The largest absolute Gasteiger partial charge is 0.507 e. The minimum atomic E-state index is 0.147. The number of hydrogen-bond donors (Lipinski definition) is 1. The third-order valence-corrected chi connectivity index (χ3v) is 1.65. The number of aromatic nitrogens is 2. The molecule has 0 atom stereocenters. The highest BCUT2D eigenvalue weighted by atomic mass is 16.3. The molecule has 3 nitrogen and oxygen atoms in total. The second-order valence-electron chi connectivity index (χ2n) is 2.52. The van der Waals surface area contributed by atoms with Gasteiger partial charge in [0.2, 0.25) is 0 Å². The van der Waals surface area contributed by atoms with Crippen LogP contribution in [-0.2, 0) is 0 Å². The van der Waals surface area contributed by atoms with Gasteiger partial charge in [-0.05, 0) is 24.3 Å². The SMILES string of the molecule is Oc1c[c]ccc1-c1ncccn1. The zero-order valence-electron chi connectivity index (χ0n) is 6.81. The smallest absolute Gasteiger partial charge is 0.162 e. The van der Waals surface area contributed by atoms with Crippen LogP contribution in [0.4, 0.5) is 0 Å². The Balaban J connectivity index is 2.54. The number of phenolic OH excluding ortho intramolecular Hbond substituents is 1. The van der Waals surface area contributed by atoms with Crippen molar-refractivity contribution >= 4 is 0 Å². The molecule has 3 heteroatoms. The first-order chi connectivity index (χ1) is 6.38. The molecule has 1 radical (unpaired) electrons. The van der Waals surface area contributed by atoms with Gasteiger partial charge in [0, 0.05) is 12.4 Å². The number of nitrogens with zero attached hydrogens (tertiary/aromatic N) is 2. The first-order valence-electron chi connectivity index (χ1n) is 3.84. The Hall–Kier alpha value is -1.90. The Morgan fingerprint density at radius 1 is 1.23 bits per heavy atom. The van der Waals surface area contributed by atoms with Gasteiger partial charge in [0.25, 0.3) is 0 Å². The highest BCUT2D eigenvalue weighted by molar-refractivity contribution is 5.62. The van der Waals surface area contributed by atoms with Crippen LogP contribution in [0.5, 0.6) is 5.75 Å². The van der Waals surface area contributed by atoms with Gasteiger partial charge in [-0.25, -0.2) is 9.97 Å². The molecule has 0 amide bonds. The van der Waals surface area contributed by atoms with Crippen LogP contribution in [0.2, 0.25) is 0 Å². The average Bonchev–Trinajstić information content (AvgIpc) is 2.20. The fourth-order valence-corrected chi connectivity index (χ4v) is 1.05. The molecule has 63 valence electrons. The van der Waals surface area contributed by atoms with E-state index in [0.717, 1.165) is 0 Å². The van der Waals surface area contributed by atoms with E-state index in [1.165, 1.54) is 6.07 Å². The van der Waals surface area contributed by atoms with Gasteiger partial charge < -0.3 is 5.11 Å². The van der Waals surface area contributed by atoms with E-state index < -0.39 is 0 Å². The van der Waals surface area contributed by atoms with Gasteiger partial charge in [0.05, 0.1) is 5.56 Å². The average molecular weight is 171 g/mol. The molecule has 1 aromatic heterocycles. The zero-order chi connectivity index (χ0) is 9.10. The second-order valence-corrected chi connectivity index (χ2v) is 2.52. The summed E-state index contributed by atoms with van der Waals surface area (Å²) in [4.78, 5) is 8.05. The molecule has 13 heavy (non-hydrogen) atoms. The Morgan fingerprint density at radius 3 is 2.69 bits per heavy atom. The highest BCUT2D eigenvalue weighted by Crippen LogP contribution is 2.24. The van der Waals surface area contributed by atoms with Crippen molar-refractivity contribution in [3.8, 4) is 17.1 Å². The predicted octanol–water partition coefficient (Wildman–Crippen LogP) is 1.65. The molecule has 0 saturated carbocycles. The Labute approximate surface area is 75.7 Å². The van der Waals surface area contributed by atoms with E-state index in [4.69, 9.17) is 0 Å². The molecule has 2 rings (SSSR count). The number of hydrogen-bond acceptors (Lipinski definition) is 3. The standard InChI is InChI=1S/C10H7N2O/c13-9-5-2-1-4-8(9)10-11-6-3-7-12-10/h1,3-7,13H. The molecular formula is C10H7N2O. The van der Waals surface area contributed by atoms with E-state index >= 15 is 0 Å². The number of aromatic hydroxyl groups is 1. The van der Waals surface area contributed by atoms with E-state index in [-0.39, 0.29) is 5.75 Å². The van der Waals surface area contributed by atoms with Gasteiger partial charge in [-0.3, -0.25) is 0 Å². The summed E-state index contributed by atoms with van der Waals surface area (Å²) in [5, 5.41) is 9.45. The number of phenols is 1. The zero-order valence-corrected chi connectivity index (χ0v) is 6.81. The maximum absolute atomic E-state index is 9.45. The monoisotopic (exact) mass is 171 g/mol. The molecule has 1 heterocycles. The Kier molecular flexibility index (Phi) is 1.92. The molecular weight excluding hydrogens is 164 g/mol. The topological polar surface area (TPSA) is 46.0 Å². The van der Waals surface area contributed by atoms with E-state index in [2.05, 4.69) is 16.0 Å². The minimum absolute atomic E-state index is 0.147. The predicted molar refractivity (Wildman–Crippen MR) is 48.0 cm³/mol. The summed E-state index contributed by atoms with van der Waals surface area (Å²) in [5.41, 5.74) is 0.624. The second kappa shape index (κ2) is 3.23. The summed E-state index contributed by atoms with van der Waals surface area (Å²) < 4.78 is 0. The van der Waals surface area contributed by atoms with E-state index in [1.807, 2.05) is 0 Å². The van der Waals surface area contributed by atoms with Crippen molar-refractivity contribution in [2.75, 3.05) is 0 Å². The lowest BCUT2D eigenvalue weighted by Gasteiger charge is -2.00. The van der Waals surface area contributed by atoms with E-state index in [9.17, 15) is 5.11 Å². The van der Waals surface area contributed by atoms with Crippen LogP contribution < -0.4 is 0 Å². The lowest BCUT2D eigenvalue weighted by Crippen LogP contribution is -1.86. The fourth-order valence-electron chi connectivity index (χ4n) is 1.05. The molecule has 0 fully saturated rings. The van der Waals surface area contributed by atoms with Crippen molar-refractivity contribution in [2.24, 2.45) is 0 Å². The van der Waals surface area contributed by atoms with Crippen LogP contribution in [0, 0.1) is 6.07 Å². The lowest BCUT2D eigenvalue weighted by atomic mass is 10.2. The molecule has 2 aromatic rings. The Bertz CT molecular complexity index is 401. The third-order valence-electron chi connectivity index (χ3n) is 1.65. The molecule has 0 aliphatic rings. The maximum Gasteiger partial charge on any atom is 0.162 e. The van der Waals surface area contributed by atoms with Gasteiger partial charge in [-0.1, -0.05) is 6.07 Å². The third kappa shape index (κ3) is 1.49. The molecule has 0 aliphatic heterocycles. The van der Waals surface area contributed by atoms with Crippen molar-refractivity contribution in [3.63, 3.8) is 0 Å². The summed E-state index contributed by atoms with van der Waals surface area (Å²) in [6.07, 6.45) is 3.27. The van der Waals surface area contributed by atoms with Gasteiger partial charge in [0.1, 0.15) is 5.75 Å². The van der Waals surface area contributed by atoms with E-state index in [0.29, 0.717) is 11.4 Å². The quantitative estimate of drug-likeness (QED) is 0.709. The summed E-state index contributed by atoms with van der Waals surface area (Å²) >= 11 is 0. The van der Waals surface area contributed by atoms with Crippen LogP contribution in [0.25, 0.3) is 11.4 Å². The first-order valence-corrected chi connectivity index (χ1v) is 3.84. The molecule has 0 aliphatic carbocycles. The highest BCUT2D eigenvalue weighted by Gasteiger charge is 2.03. The minimum Gasteiger partial charge on any atom is -0.507 e. The summed E-state index contributed by atoms with van der Waals surface area (Å²) in [5.74, 6) is 0.669. The van der Waals surface area contributed by atoms with Crippen LogP contribution in [0.15, 0.2) is 36.7 Å². The molecule has 0 bridgehead atoms. The molecule has 0 saturated heterocycles. The van der Waals surface area contributed by atoms with Crippen LogP contribution in [0.1, 0.15) is 0 Å². The van der Waals surface area contributed by atoms with Crippen LogP contribution in [-0.4, -0.2) is 15.1 Å². The van der Waals surface area contributed by atoms with Crippen LogP contribution >= 0.6 is 0 Å². The van der Waals surface area contributed by atoms with Crippen molar-refractivity contribution < 1.29 is 5.11 Å².